The van der Waals surface area contributed by atoms with Gasteiger partial charge in [0.2, 0.25) is 0 Å². The normalized spacial score (nSPS) is 13.7. The van der Waals surface area contributed by atoms with Crippen LogP contribution in [0.5, 0.6) is 0 Å². The minimum absolute atomic E-state index is 0.114. The Morgan fingerprint density at radius 3 is 2.18 bits per heavy atom. The molecular weight excluding hydrogens is 670 g/mol. The number of aromatic nitrogens is 2. The zero-order valence-corrected chi connectivity index (χ0v) is 26.3. The van der Waals surface area contributed by atoms with Crippen LogP contribution in [0, 0.1) is 11.3 Å². The van der Waals surface area contributed by atoms with Gasteiger partial charge in [0.1, 0.15) is 28.6 Å². The van der Waals surface area contributed by atoms with Crippen LogP contribution in [0.3, 0.4) is 0 Å². The average Bonchev–Trinajstić information content (AvgIpc) is 3.33. The molecule has 0 amide bonds. The Hall–Kier alpha value is -2.62. The van der Waals surface area contributed by atoms with Gasteiger partial charge < -0.3 is 14.4 Å². The lowest BCUT2D eigenvalue weighted by Crippen LogP contribution is -2.36. The number of hydrogen-bond acceptors (Lipinski definition) is 6. The fraction of sp³-hybridized carbons (Fsp3) is 0.259. The van der Waals surface area contributed by atoms with E-state index < -0.39 is 10.1 Å². The molecule has 1 aromatic heterocycles. The van der Waals surface area contributed by atoms with Crippen molar-refractivity contribution in [1.29, 1.82) is 5.26 Å². The predicted molar refractivity (Wildman–Crippen MR) is 161 cm³/mol. The maximum atomic E-state index is 11.2. The van der Waals surface area contributed by atoms with Crippen LogP contribution < -0.4 is 14.4 Å². The van der Waals surface area contributed by atoms with Crippen LogP contribution >= 0.6 is 43.5 Å². The molecule has 0 spiro atoms. The first-order valence-corrected chi connectivity index (χ1v) is 15.7. The van der Waals surface area contributed by atoms with Crippen molar-refractivity contribution >= 4 is 82.1 Å². The maximum absolute atomic E-state index is 11.2. The van der Waals surface area contributed by atoms with Gasteiger partial charge in [-0.15, -0.1) is 0 Å². The molecular formula is C27H26Br2ClN5O3S. The average molecular weight is 696 g/mol. The number of nitrogens with zero attached hydrogens (tertiary/aromatic N) is 5. The number of hydrogen-bond donors (Lipinski definition) is 0. The summed E-state index contributed by atoms with van der Waals surface area (Å²) in [6.45, 7) is 8.46. The van der Waals surface area contributed by atoms with Crippen LogP contribution in [0.2, 0.25) is 5.02 Å². The molecule has 2 heterocycles. The van der Waals surface area contributed by atoms with Gasteiger partial charge in [0.15, 0.2) is 11.0 Å². The van der Waals surface area contributed by atoms with Gasteiger partial charge in [-0.3, -0.25) is 0 Å². The molecule has 1 aliphatic heterocycles. The number of allylic oxidation sites excluding steroid dienone is 3. The zero-order valence-electron chi connectivity index (χ0n) is 21.5. The van der Waals surface area contributed by atoms with E-state index in [9.17, 15) is 18.2 Å². The highest BCUT2D eigenvalue weighted by Crippen LogP contribution is 2.45. The van der Waals surface area contributed by atoms with Crippen molar-refractivity contribution < 1.29 is 17.5 Å². The fourth-order valence-electron chi connectivity index (χ4n) is 4.85. The number of anilines is 2. The smallest absolute Gasteiger partial charge is 0.282 e. The summed E-state index contributed by atoms with van der Waals surface area (Å²) in [5.41, 5.74) is 4.01. The number of rotatable bonds is 8. The van der Waals surface area contributed by atoms with Crippen LogP contribution in [-0.2, 0) is 23.2 Å². The predicted octanol–water partition coefficient (Wildman–Crippen LogP) is 6.28. The van der Waals surface area contributed by atoms with E-state index in [-0.39, 0.29) is 6.54 Å². The summed E-state index contributed by atoms with van der Waals surface area (Å²) >= 11 is 13.6. The lowest BCUT2D eigenvalue weighted by atomic mass is 10.2. The molecule has 0 bridgehead atoms. The van der Waals surface area contributed by atoms with E-state index in [1.54, 1.807) is 12.1 Å². The van der Waals surface area contributed by atoms with Gasteiger partial charge in [-0.25, -0.2) is 17.6 Å². The summed E-state index contributed by atoms with van der Waals surface area (Å²) in [4.78, 5) is 4.48. The molecule has 204 valence electrons. The molecule has 0 unspecified atom stereocenters. The number of benzene rings is 2. The molecule has 39 heavy (non-hydrogen) atoms. The van der Waals surface area contributed by atoms with E-state index in [0.29, 0.717) is 28.1 Å². The topological polar surface area (TPSA) is 96.3 Å². The van der Waals surface area contributed by atoms with E-state index in [1.807, 2.05) is 34.3 Å². The molecule has 0 aliphatic carbocycles. The van der Waals surface area contributed by atoms with Crippen LogP contribution in [0.25, 0.3) is 17.1 Å². The summed E-state index contributed by atoms with van der Waals surface area (Å²) in [6.07, 6.45) is 7.24. The van der Waals surface area contributed by atoms with Crippen molar-refractivity contribution in [3.05, 3.63) is 79.1 Å². The van der Waals surface area contributed by atoms with Gasteiger partial charge in [0.25, 0.3) is 5.82 Å². The first kappa shape index (κ1) is 29.4. The van der Waals surface area contributed by atoms with Gasteiger partial charge >= 0.3 is 0 Å². The molecule has 8 nitrogen and oxygen atoms in total. The first-order valence-electron chi connectivity index (χ1n) is 12.2. The highest BCUT2D eigenvalue weighted by atomic mass is 79.9. The maximum Gasteiger partial charge on any atom is 0.282 e. The molecule has 3 aromatic rings. The Bertz CT molecular complexity index is 1650. The van der Waals surface area contributed by atoms with Gasteiger partial charge in [-0.1, -0.05) is 17.7 Å². The Labute approximate surface area is 250 Å². The van der Waals surface area contributed by atoms with E-state index in [0.717, 1.165) is 50.6 Å². The van der Waals surface area contributed by atoms with Gasteiger partial charge in [0, 0.05) is 45.7 Å². The van der Waals surface area contributed by atoms with Gasteiger partial charge in [-0.05, 0) is 76.9 Å². The summed E-state index contributed by atoms with van der Waals surface area (Å²) in [5, 5.41) is 10.5. The van der Waals surface area contributed by atoms with Gasteiger partial charge in [-0.2, -0.15) is 5.26 Å². The number of imidazole rings is 1. The van der Waals surface area contributed by atoms with Gasteiger partial charge in [0.05, 0.1) is 28.5 Å². The van der Waals surface area contributed by atoms with Crippen molar-refractivity contribution in [3.63, 3.8) is 0 Å². The standard InChI is InChI=1S/C27H26Br2ClN5O3S/c1-4-32-23-14-19(28)20(29)15-24(23)33(5-2)26(32)9-7-10-27-34(6-3)25-16-21(30)18(17-31)13-22(25)35(27)11-8-12-39(36,37)38/h7-10,12-16H,4-6,11H2,1-3H3/b12-8+. The molecule has 4 rings (SSSR count). The third-order valence-corrected chi connectivity index (χ3v) is 9.14. The van der Waals surface area contributed by atoms with Crippen molar-refractivity contribution in [3.8, 4) is 6.07 Å². The largest absolute Gasteiger partial charge is 0.744 e. The Balaban J connectivity index is 1.85. The van der Waals surface area contributed by atoms with E-state index >= 15 is 0 Å². The number of nitriles is 1. The lowest BCUT2D eigenvalue weighted by molar-refractivity contribution is -0.663. The molecule has 0 saturated heterocycles. The van der Waals surface area contributed by atoms with E-state index in [2.05, 4.69) is 73.7 Å². The molecule has 12 heteroatoms. The van der Waals surface area contributed by atoms with E-state index in [4.69, 9.17) is 11.6 Å². The fourth-order valence-corrected chi connectivity index (χ4v) is 6.03. The summed E-state index contributed by atoms with van der Waals surface area (Å²) < 4.78 is 39.4. The number of aryl methyl sites for hydroxylation is 1. The van der Waals surface area contributed by atoms with Crippen molar-refractivity contribution in [1.82, 2.24) is 4.57 Å². The summed E-state index contributed by atoms with van der Waals surface area (Å²) in [5.74, 6) is 1.78. The number of fused-ring (bicyclic) bond motifs is 2. The highest BCUT2D eigenvalue weighted by molar-refractivity contribution is 9.13. The Morgan fingerprint density at radius 2 is 1.67 bits per heavy atom. The molecule has 0 radical (unpaired) electrons. The van der Waals surface area contributed by atoms with Crippen LogP contribution in [-0.4, -0.2) is 30.6 Å². The zero-order chi connectivity index (χ0) is 28.5. The SMILES string of the molecule is CCN1C(=C/C=C/c2n(CC)c3cc(Cl)c(C#N)cc3[n+]2C/C=C/S(=O)(=O)[O-])N(CC)c2cc(Br)c(Br)cc21. The van der Waals surface area contributed by atoms with E-state index in [1.165, 1.54) is 6.08 Å². The van der Waals surface area contributed by atoms with Crippen LogP contribution in [0.4, 0.5) is 11.4 Å². The first-order chi connectivity index (χ1) is 18.5. The monoisotopic (exact) mass is 693 g/mol. The molecule has 0 saturated carbocycles. The number of halogens is 3. The molecule has 1 aliphatic rings. The molecule has 0 N–H and O–H groups in total. The second-order valence-corrected chi connectivity index (χ2v) is 12.0. The quantitative estimate of drug-likeness (QED) is 0.204. The second-order valence-electron chi connectivity index (χ2n) is 8.64. The van der Waals surface area contributed by atoms with Crippen molar-refractivity contribution in [2.45, 2.75) is 33.9 Å². The lowest BCUT2D eigenvalue weighted by Gasteiger charge is -2.23. The summed E-state index contributed by atoms with van der Waals surface area (Å²) in [6, 6.07) is 9.72. The van der Waals surface area contributed by atoms with Crippen LogP contribution in [0.15, 0.2) is 62.7 Å². The minimum Gasteiger partial charge on any atom is -0.744 e. The van der Waals surface area contributed by atoms with Crippen LogP contribution in [0.1, 0.15) is 32.2 Å². The molecule has 2 aromatic carbocycles. The second kappa shape index (κ2) is 11.9. The van der Waals surface area contributed by atoms with Crippen molar-refractivity contribution in [2.75, 3.05) is 22.9 Å². The molecule has 0 atom stereocenters. The molecule has 0 fully saturated rings. The third kappa shape index (κ3) is 5.81. The van der Waals surface area contributed by atoms with Crippen molar-refractivity contribution in [2.24, 2.45) is 0 Å². The Kier molecular flexibility index (Phi) is 8.93. The third-order valence-electron chi connectivity index (χ3n) is 6.46. The highest BCUT2D eigenvalue weighted by Gasteiger charge is 2.30. The summed E-state index contributed by atoms with van der Waals surface area (Å²) in [7, 11) is -4.53. The minimum atomic E-state index is -4.53. The Morgan fingerprint density at radius 1 is 1.05 bits per heavy atom.